The van der Waals surface area contributed by atoms with Crippen LogP contribution in [-0.4, -0.2) is 14.2 Å². The summed E-state index contributed by atoms with van der Waals surface area (Å²) in [5.41, 5.74) is 2.88. The van der Waals surface area contributed by atoms with Gasteiger partial charge in [-0.25, -0.2) is 0 Å². The van der Waals surface area contributed by atoms with E-state index >= 15 is 0 Å². The summed E-state index contributed by atoms with van der Waals surface area (Å²) < 4.78 is 16.3. The van der Waals surface area contributed by atoms with Gasteiger partial charge in [0.15, 0.2) is 0 Å². The molecule has 0 aliphatic heterocycles. The molecule has 1 aromatic heterocycles. The van der Waals surface area contributed by atoms with Crippen LogP contribution in [0.25, 0.3) is 22.1 Å². The SMILES string of the molecule is COc1cc(OC)c2c(-c3ccccc3)coc2c1. The van der Waals surface area contributed by atoms with E-state index in [1.165, 1.54) is 0 Å². The molecule has 0 radical (unpaired) electrons. The lowest BCUT2D eigenvalue weighted by Gasteiger charge is -2.06. The van der Waals surface area contributed by atoms with Gasteiger partial charge in [0.25, 0.3) is 0 Å². The predicted octanol–water partition coefficient (Wildman–Crippen LogP) is 4.12. The number of ether oxygens (including phenoxy) is 2. The topological polar surface area (TPSA) is 31.6 Å². The standard InChI is InChI=1S/C16H14O3/c1-17-12-8-14(18-2)16-13(10-19-15(16)9-12)11-6-4-3-5-7-11/h3-10H,1-2H3. The normalized spacial score (nSPS) is 10.6. The highest BCUT2D eigenvalue weighted by molar-refractivity contribution is 5.99. The third-order valence-corrected chi connectivity index (χ3v) is 3.15. The van der Waals surface area contributed by atoms with Crippen LogP contribution in [0.4, 0.5) is 0 Å². The molecule has 1 heterocycles. The van der Waals surface area contributed by atoms with Crippen LogP contribution in [0.15, 0.2) is 53.1 Å². The first kappa shape index (κ1) is 11.7. The summed E-state index contributed by atoms with van der Waals surface area (Å²) in [5.74, 6) is 1.47. The second-order valence-electron chi connectivity index (χ2n) is 4.22. The lowest BCUT2D eigenvalue weighted by atomic mass is 10.0. The zero-order valence-corrected chi connectivity index (χ0v) is 10.8. The van der Waals surface area contributed by atoms with Crippen molar-refractivity contribution in [2.45, 2.75) is 0 Å². The largest absolute Gasteiger partial charge is 0.496 e. The maximum Gasteiger partial charge on any atom is 0.141 e. The minimum atomic E-state index is 0.721. The highest BCUT2D eigenvalue weighted by Crippen LogP contribution is 2.39. The fourth-order valence-corrected chi connectivity index (χ4v) is 2.21. The van der Waals surface area contributed by atoms with Crippen molar-refractivity contribution in [3.63, 3.8) is 0 Å². The molecular weight excluding hydrogens is 240 g/mol. The van der Waals surface area contributed by atoms with Crippen LogP contribution in [0.5, 0.6) is 11.5 Å². The van der Waals surface area contributed by atoms with Gasteiger partial charge in [-0.2, -0.15) is 0 Å². The van der Waals surface area contributed by atoms with Crippen LogP contribution < -0.4 is 9.47 Å². The Morgan fingerprint density at radius 2 is 1.74 bits per heavy atom. The van der Waals surface area contributed by atoms with Gasteiger partial charge in [-0.05, 0) is 5.56 Å². The summed E-state index contributed by atoms with van der Waals surface area (Å²) in [6, 6.07) is 13.8. The third-order valence-electron chi connectivity index (χ3n) is 3.15. The Balaban J connectivity index is 2.28. The van der Waals surface area contributed by atoms with E-state index in [-0.39, 0.29) is 0 Å². The van der Waals surface area contributed by atoms with E-state index in [0.29, 0.717) is 0 Å². The average molecular weight is 254 g/mol. The van der Waals surface area contributed by atoms with E-state index in [1.54, 1.807) is 20.5 Å². The lowest BCUT2D eigenvalue weighted by molar-refractivity contribution is 0.397. The minimum absolute atomic E-state index is 0.721. The lowest BCUT2D eigenvalue weighted by Crippen LogP contribution is -1.88. The molecule has 0 aliphatic carbocycles. The second kappa shape index (κ2) is 4.69. The van der Waals surface area contributed by atoms with Gasteiger partial charge in [-0.3, -0.25) is 0 Å². The van der Waals surface area contributed by atoms with Crippen molar-refractivity contribution in [2.24, 2.45) is 0 Å². The first-order valence-electron chi connectivity index (χ1n) is 6.02. The fourth-order valence-electron chi connectivity index (χ4n) is 2.21. The van der Waals surface area contributed by atoms with Crippen LogP contribution in [0.3, 0.4) is 0 Å². The molecule has 0 fully saturated rings. The van der Waals surface area contributed by atoms with Crippen molar-refractivity contribution in [1.29, 1.82) is 0 Å². The Morgan fingerprint density at radius 3 is 2.42 bits per heavy atom. The molecular formula is C16H14O3. The van der Waals surface area contributed by atoms with Gasteiger partial charge in [0.2, 0.25) is 0 Å². The molecule has 2 aromatic carbocycles. The molecule has 0 saturated heterocycles. The van der Waals surface area contributed by atoms with Crippen molar-refractivity contribution in [1.82, 2.24) is 0 Å². The van der Waals surface area contributed by atoms with Gasteiger partial charge in [0, 0.05) is 17.7 Å². The molecule has 3 heteroatoms. The highest BCUT2D eigenvalue weighted by atomic mass is 16.5. The molecule has 0 amide bonds. The molecule has 19 heavy (non-hydrogen) atoms. The monoisotopic (exact) mass is 254 g/mol. The Morgan fingerprint density at radius 1 is 0.947 bits per heavy atom. The second-order valence-corrected chi connectivity index (χ2v) is 4.22. The van der Waals surface area contributed by atoms with E-state index in [2.05, 4.69) is 0 Å². The highest BCUT2D eigenvalue weighted by Gasteiger charge is 2.14. The number of hydrogen-bond donors (Lipinski definition) is 0. The van der Waals surface area contributed by atoms with Crippen LogP contribution in [0, 0.1) is 0 Å². The molecule has 96 valence electrons. The fraction of sp³-hybridized carbons (Fsp3) is 0.125. The third kappa shape index (κ3) is 1.93. The number of rotatable bonds is 3. The Labute approximate surface area is 111 Å². The van der Waals surface area contributed by atoms with E-state index < -0.39 is 0 Å². The number of fused-ring (bicyclic) bond motifs is 1. The van der Waals surface area contributed by atoms with Crippen molar-refractivity contribution >= 4 is 11.0 Å². The van der Waals surface area contributed by atoms with Crippen LogP contribution in [0.2, 0.25) is 0 Å². The molecule has 3 aromatic rings. The molecule has 0 saturated carbocycles. The van der Waals surface area contributed by atoms with Gasteiger partial charge < -0.3 is 13.9 Å². The van der Waals surface area contributed by atoms with Gasteiger partial charge >= 0.3 is 0 Å². The van der Waals surface area contributed by atoms with E-state index in [0.717, 1.165) is 33.6 Å². The summed E-state index contributed by atoms with van der Waals surface area (Å²) in [5, 5.41) is 0.967. The van der Waals surface area contributed by atoms with Crippen molar-refractivity contribution in [3.05, 3.63) is 48.7 Å². The summed E-state index contributed by atoms with van der Waals surface area (Å²) in [4.78, 5) is 0. The zero-order chi connectivity index (χ0) is 13.2. The Kier molecular flexibility index (Phi) is 2.88. The quantitative estimate of drug-likeness (QED) is 0.704. The molecule has 0 aliphatic rings. The number of hydrogen-bond acceptors (Lipinski definition) is 3. The molecule has 0 atom stereocenters. The van der Waals surface area contributed by atoms with Gasteiger partial charge in [-0.15, -0.1) is 0 Å². The molecule has 3 nitrogen and oxygen atoms in total. The van der Waals surface area contributed by atoms with Gasteiger partial charge in [0.1, 0.15) is 17.1 Å². The number of benzene rings is 2. The van der Waals surface area contributed by atoms with Crippen molar-refractivity contribution in [3.8, 4) is 22.6 Å². The van der Waals surface area contributed by atoms with Crippen molar-refractivity contribution in [2.75, 3.05) is 14.2 Å². The average Bonchev–Trinajstić information content (AvgIpc) is 2.91. The smallest absolute Gasteiger partial charge is 0.141 e. The molecule has 0 spiro atoms. The Bertz CT molecular complexity index is 699. The first-order chi connectivity index (χ1) is 9.33. The summed E-state index contributed by atoms with van der Waals surface area (Å²) in [6.07, 6.45) is 1.75. The van der Waals surface area contributed by atoms with E-state index in [1.807, 2.05) is 42.5 Å². The minimum Gasteiger partial charge on any atom is -0.496 e. The van der Waals surface area contributed by atoms with E-state index in [9.17, 15) is 0 Å². The zero-order valence-electron chi connectivity index (χ0n) is 10.8. The summed E-state index contributed by atoms with van der Waals surface area (Å²) in [7, 11) is 3.28. The van der Waals surface area contributed by atoms with E-state index in [4.69, 9.17) is 13.9 Å². The number of furan rings is 1. The molecule has 0 bridgehead atoms. The predicted molar refractivity (Wildman–Crippen MR) is 74.8 cm³/mol. The molecule has 3 rings (SSSR count). The number of methoxy groups -OCH3 is 2. The summed E-state index contributed by atoms with van der Waals surface area (Å²) >= 11 is 0. The Hall–Kier alpha value is -2.42. The maximum absolute atomic E-state index is 5.63. The van der Waals surface area contributed by atoms with Crippen LogP contribution in [0.1, 0.15) is 0 Å². The maximum atomic E-state index is 5.63. The van der Waals surface area contributed by atoms with Crippen LogP contribution >= 0.6 is 0 Å². The summed E-state index contributed by atoms with van der Waals surface area (Å²) in [6.45, 7) is 0. The first-order valence-corrected chi connectivity index (χ1v) is 6.02. The van der Waals surface area contributed by atoms with Gasteiger partial charge in [-0.1, -0.05) is 30.3 Å². The van der Waals surface area contributed by atoms with Crippen LogP contribution in [-0.2, 0) is 0 Å². The van der Waals surface area contributed by atoms with Gasteiger partial charge in [0.05, 0.1) is 25.9 Å². The molecule has 0 unspecified atom stereocenters. The van der Waals surface area contributed by atoms with Crippen molar-refractivity contribution < 1.29 is 13.9 Å². The molecule has 0 N–H and O–H groups in total.